The van der Waals surface area contributed by atoms with E-state index in [4.69, 9.17) is 9.47 Å². The lowest BCUT2D eigenvalue weighted by Gasteiger charge is -2.31. The summed E-state index contributed by atoms with van der Waals surface area (Å²) in [6, 6.07) is 14.7. The molecule has 0 saturated carbocycles. The molecule has 0 aromatic heterocycles. The molecule has 5 rings (SSSR count). The van der Waals surface area contributed by atoms with E-state index in [-0.39, 0.29) is 31.6 Å². The van der Waals surface area contributed by atoms with E-state index in [1.165, 1.54) is 4.90 Å². The van der Waals surface area contributed by atoms with Gasteiger partial charge in [-0.3, -0.25) is 4.79 Å². The second kappa shape index (κ2) is 9.00. The van der Waals surface area contributed by atoms with E-state index in [1.807, 2.05) is 38.1 Å². The molecular weight excluding hydrogens is 448 g/mol. The molecule has 8 heteroatoms. The Kier molecular flexibility index (Phi) is 6.01. The molecule has 2 aromatic rings. The lowest BCUT2D eigenvalue weighted by molar-refractivity contribution is -0.153. The Bertz CT molecular complexity index is 1120. The van der Waals surface area contributed by atoms with Gasteiger partial charge in [0.1, 0.15) is 12.6 Å². The molecule has 2 heterocycles. The summed E-state index contributed by atoms with van der Waals surface area (Å²) in [7, 11) is 0. The first-order valence-corrected chi connectivity index (χ1v) is 12.0. The van der Waals surface area contributed by atoms with Gasteiger partial charge in [-0.1, -0.05) is 62.4 Å². The maximum atomic E-state index is 13.3. The fraction of sp³-hybridized carbons (Fsp3) is 0.444. The number of carbonyl (C=O) groups excluding carboxylic acids is 2. The van der Waals surface area contributed by atoms with E-state index < -0.39 is 35.5 Å². The van der Waals surface area contributed by atoms with Crippen molar-refractivity contribution in [2.45, 2.75) is 38.3 Å². The van der Waals surface area contributed by atoms with Gasteiger partial charge in [-0.2, -0.15) is 0 Å². The second-order valence-corrected chi connectivity index (χ2v) is 10.2. The van der Waals surface area contributed by atoms with Gasteiger partial charge in [0.15, 0.2) is 0 Å². The molecule has 8 nitrogen and oxygen atoms in total. The van der Waals surface area contributed by atoms with Crippen LogP contribution >= 0.6 is 0 Å². The molecule has 1 aliphatic carbocycles. The number of nitrogens with one attached hydrogen (secondary N) is 1. The molecule has 0 bridgehead atoms. The summed E-state index contributed by atoms with van der Waals surface area (Å²) in [5.41, 5.74) is 4.02. The number of benzene rings is 2. The van der Waals surface area contributed by atoms with Crippen molar-refractivity contribution in [1.82, 2.24) is 10.2 Å². The predicted molar refractivity (Wildman–Crippen MR) is 128 cm³/mol. The Labute approximate surface area is 204 Å². The zero-order chi connectivity index (χ0) is 24.7. The number of ether oxygens (including phenoxy) is 2. The van der Waals surface area contributed by atoms with Crippen molar-refractivity contribution in [3.8, 4) is 11.1 Å². The summed E-state index contributed by atoms with van der Waals surface area (Å²) < 4.78 is 11.1. The normalized spacial score (nSPS) is 24.6. The smallest absolute Gasteiger partial charge is 0.407 e. The second-order valence-electron chi connectivity index (χ2n) is 10.2. The van der Waals surface area contributed by atoms with Crippen LogP contribution in [0.1, 0.15) is 37.3 Å². The number of hydrogen-bond donors (Lipinski definition) is 2. The van der Waals surface area contributed by atoms with Crippen LogP contribution in [-0.2, 0) is 19.1 Å². The summed E-state index contributed by atoms with van der Waals surface area (Å²) in [4.78, 5) is 39.3. The highest BCUT2D eigenvalue weighted by atomic mass is 16.5. The number of aliphatic carboxylic acids is 1. The number of rotatable bonds is 5. The maximum Gasteiger partial charge on any atom is 0.407 e. The third-order valence-electron chi connectivity index (χ3n) is 7.61. The average molecular weight is 479 g/mol. The lowest BCUT2D eigenvalue weighted by Crippen LogP contribution is -2.52. The molecule has 35 heavy (non-hydrogen) atoms. The molecule has 2 N–H and O–H groups in total. The van der Waals surface area contributed by atoms with Gasteiger partial charge in [0.2, 0.25) is 5.91 Å². The zero-order valence-corrected chi connectivity index (χ0v) is 19.9. The number of carbonyl (C=O) groups is 3. The number of likely N-dealkylation sites (tertiary alicyclic amines) is 1. The van der Waals surface area contributed by atoms with E-state index in [0.29, 0.717) is 13.0 Å². The van der Waals surface area contributed by atoms with Crippen LogP contribution in [0, 0.1) is 11.3 Å². The minimum absolute atomic E-state index is 0.0615. The predicted octanol–water partition coefficient (Wildman–Crippen LogP) is 3.25. The van der Waals surface area contributed by atoms with Gasteiger partial charge in [-0.25, -0.2) is 9.59 Å². The molecule has 2 aromatic carbocycles. The molecule has 3 aliphatic rings. The van der Waals surface area contributed by atoms with Crippen molar-refractivity contribution >= 4 is 18.0 Å². The Balaban J connectivity index is 1.24. The molecule has 2 amide bonds. The molecule has 0 spiro atoms. The van der Waals surface area contributed by atoms with Crippen LogP contribution in [-0.4, -0.2) is 66.4 Å². The summed E-state index contributed by atoms with van der Waals surface area (Å²) in [6.45, 7) is 4.57. The number of fused-ring (bicyclic) bond motifs is 3. The van der Waals surface area contributed by atoms with Gasteiger partial charge >= 0.3 is 12.1 Å². The van der Waals surface area contributed by atoms with E-state index in [0.717, 1.165) is 22.3 Å². The van der Waals surface area contributed by atoms with Gasteiger partial charge in [-0.05, 0) is 34.1 Å². The Morgan fingerprint density at radius 2 is 1.69 bits per heavy atom. The highest BCUT2D eigenvalue weighted by Crippen LogP contribution is 2.44. The van der Waals surface area contributed by atoms with Crippen LogP contribution in [0.25, 0.3) is 11.1 Å². The van der Waals surface area contributed by atoms with Crippen LogP contribution in [0.2, 0.25) is 0 Å². The van der Waals surface area contributed by atoms with E-state index in [1.54, 1.807) is 0 Å². The molecule has 2 saturated heterocycles. The quantitative estimate of drug-likeness (QED) is 0.684. The fourth-order valence-electron chi connectivity index (χ4n) is 5.75. The minimum atomic E-state index is -1.01. The van der Waals surface area contributed by atoms with Crippen molar-refractivity contribution < 1.29 is 29.0 Å². The molecule has 0 radical (unpaired) electrons. The molecular formula is C27H30N2O6. The van der Waals surface area contributed by atoms with Gasteiger partial charge in [0.05, 0.1) is 25.2 Å². The third-order valence-corrected chi connectivity index (χ3v) is 7.61. The fourth-order valence-corrected chi connectivity index (χ4v) is 5.75. The summed E-state index contributed by atoms with van der Waals surface area (Å²) >= 11 is 0. The maximum absolute atomic E-state index is 13.3. The van der Waals surface area contributed by atoms with Crippen LogP contribution in [0.15, 0.2) is 48.5 Å². The third kappa shape index (κ3) is 4.16. The number of hydrogen-bond acceptors (Lipinski definition) is 5. The van der Waals surface area contributed by atoms with Crippen LogP contribution < -0.4 is 5.32 Å². The van der Waals surface area contributed by atoms with Crippen molar-refractivity contribution in [3.63, 3.8) is 0 Å². The van der Waals surface area contributed by atoms with Crippen LogP contribution in [0.5, 0.6) is 0 Å². The van der Waals surface area contributed by atoms with Crippen molar-refractivity contribution in [2.75, 3.05) is 26.4 Å². The molecule has 2 aliphatic heterocycles. The van der Waals surface area contributed by atoms with E-state index >= 15 is 0 Å². The Morgan fingerprint density at radius 3 is 2.31 bits per heavy atom. The Morgan fingerprint density at radius 1 is 1.06 bits per heavy atom. The summed E-state index contributed by atoms with van der Waals surface area (Å²) in [5, 5.41) is 12.5. The monoisotopic (exact) mass is 478 g/mol. The molecule has 3 atom stereocenters. The van der Waals surface area contributed by atoms with Gasteiger partial charge in [-0.15, -0.1) is 0 Å². The molecule has 3 unspecified atom stereocenters. The SMILES string of the molecule is CC1(C)CCN(C(=O)C2COCC2NC(=O)OCC2c3ccccc3-c3ccccc32)C1C(=O)O. The zero-order valence-electron chi connectivity index (χ0n) is 19.9. The van der Waals surface area contributed by atoms with E-state index in [9.17, 15) is 19.5 Å². The Hall–Kier alpha value is -3.39. The van der Waals surface area contributed by atoms with Gasteiger partial charge in [0.25, 0.3) is 0 Å². The topological polar surface area (TPSA) is 105 Å². The largest absolute Gasteiger partial charge is 0.480 e. The van der Waals surface area contributed by atoms with Crippen molar-refractivity contribution in [1.29, 1.82) is 0 Å². The number of nitrogens with zero attached hydrogens (tertiary/aromatic N) is 1. The number of amides is 2. The first-order valence-electron chi connectivity index (χ1n) is 12.0. The highest BCUT2D eigenvalue weighted by Gasteiger charge is 2.50. The average Bonchev–Trinajstić information content (AvgIpc) is 3.51. The molecule has 2 fully saturated rings. The summed E-state index contributed by atoms with van der Waals surface area (Å²) in [6.07, 6.45) is -0.00925. The number of alkyl carbamates (subject to hydrolysis) is 1. The highest BCUT2D eigenvalue weighted by molar-refractivity contribution is 5.87. The number of carboxylic acid groups (broad SMARTS) is 1. The number of carboxylic acids is 1. The van der Waals surface area contributed by atoms with Crippen LogP contribution in [0.3, 0.4) is 0 Å². The lowest BCUT2D eigenvalue weighted by atomic mass is 9.84. The minimum Gasteiger partial charge on any atom is -0.480 e. The van der Waals surface area contributed by atoms with Crippen LogP contribution in [0.4, 0.5) is 4.79 Å². The van der Waals surface area contributed by atoms with Crippen molar-refractivity contribution in [3.05, 3.63) is 59.7 Å². The first-order chi connectivity index (χ1) is 16.8. The van der Waals surface area contributed by atoms with Gasteiger partial charge in [0, 0.05) is 12.5 Å². The summed E-state index contributed by atoms with van der Waals surface area (Å²) in [5.74, 6) is -2.02. The van der Waals surface area contributed by atoms with Gasteiger partial charge < -0.3 is 24.8 Å². The first kappa shape index (κ1) is 23.4. The molecule has 184 valence electrons. The standard InChI is InChI=1S/C27H30N2O6/c1-27(2)11-12-29(23(27)25(31)32)24(30)21-13-34-15-22(21)28-26(33)35-14-20-18-9-5-3-7-16(18)17-8-4-6-10-19(17)20/h3-10,20-23H,11-15H2,1-2H3,(H,28,33)(H,31,32). The van der Waals surface area contributed by atoms with E-state index in [2.05, 4.69) is 29.6 Å². The van der Waals surface area contributed by atoms with Crippen molar-refractivity contribution in [2.24, 2.45) is 11.3 Å².